The van der Waals surface area contributed by atoms with Crippen LogP contribution in [0.2, 0.25) is 10.0 Å². The van der Waals surface area contributed by atoms with Crippen LogP contribution in [0.3, 0.4) is 0 Å². The number of nitrogens with one attached hydrogen (secondary N) is 1. The summed E-state index contributed by atoms with van der Waals surface area (Å²) in [5, 5.41) is 1.26. The number of sulfonamides is 1. The average Bonchev–Trinajstić information content (AvgIpc) is 2.63. The summed E-state index contributed by atoms with van der Waals surface area (Å²) in [5.41, 5.74) is 2.05. The maximum Gasteiger partial charge on any atom is 0.240 e. The summed E-state index contributed by atoms with van der Waals surface area (Å²) < 4.78 is 27.5. The molecular formula is C20H25Cl2NO2S2. The first-order valence-electron chi connectivity index (χ1n) is 8.78. The van der Waals surface area contributed by atoms with Crippen molar-refractivity contribution in [2.24, 2.45) is 0 Å². The van der Waals surface area contributed by atoms with Crippen LogP contribution >= 0.6 is 35.0 Å². The highest BCUT2D eigenvalue weighted by Gasteiger charge is 2.19. The Morgan fingerprint density at radius 3 is 2.19 bits per heavy atom. The van der Waals surface area contributed by atoms with E-state index in [0.717, 1.165) is 17.5 Å². The van der Waals surface area contributed by atoms with Gasteiger partial charge in [-0.3, -0.25) is 0 Å². The molecule has 0 aliphatic carbocycles. The Morgan fingerprint density at radius 2 is 1.63 bits per heavy atom. The third kappa shape index (κ3) is 6.13. The van der Waals surface area contributed by atoms with Crippen molar-refractivity contribution in [3.05, 3.63) is 63.6 Å². The molecule has 0 amide bonds. The van der Waals surface area contributed by atoms with Crippen molar-refractivity contribution in [2.75, 3.05) is 12.3 Å². The molecule has 0 saturated heterocycles. The lowest BCUT2D eigenvalue weighted by Crippen LogP contribution is -2.26. The quantitative estimate of drug-likeness (QED) is 0.489. The Labute approximate surface area is 176 Å². The van der Waals surface area contributed by atoms with Crippen LogP contribution < -0.4 is 4.72 Å². The number of hydrogen-bond acceptors (Lipinski definition) is 3. The Bertz CT molecular complexity index is 846. The van der Waals surface area contributed by atoms with E-state index in [1.54, 1.807) is 42.1 Å². The summed E-state index contributed by atoms with van der Waals surface area (Å²) in [5.74, 6) is 1.27. The second-order valence-electron chi connectivity index (χ2n) is 6.91. The van der Waals surface area contributed by atoms with E-state index in [9.17, 15) is 8.42 Å². The lowest BCUT2D eigenvalue weighted by molar-refractivity contribution is 0.505. The molecule has 27 heavy (non-hydrogen) atoms. The van der Waals surface area contributed by atoms with Gasteiger partial charge in [0, 0.05) is 28.1 Å². The lowest BCUT2D eigenvalue weighted by Gasteiger charge is -2.23. The van der Waals surface area contributed by atoms with Crippen molar-refractivity contribution in [3.8, 4) is 0 Å². The standard InChI is InChI=1S/C20H25Cl2NO2S2/c1-4-20(2,3)15-8-10-16(11-9-15)27(24,25)23-12-13-26-14-17-18(21)6-5-7-19(17)22/h5-11,23H,4,12-14H2,1-3H3. The minimum atomic E-state index is -3.51. The van der Waals surface area contributed by atoms with Crippen molar-refractivity contribution < 1.29 is 8.42 Å². The summed E-state index contributed by atoms with van der Waals surface area (Å²) >= 11 is 13.9. The van der Waals surface area contributed by atoms with Crippen molar-refractivity contribution in [1.82, 2.24) is 4.72 Å². The third-order valence-corrected chi connectivity index (χ3v) is 7.85. The van der Waals surface area contributed by atoms with E-state index in [1.807, 2.05) is 12.1 Å². The normalized spacial score (nSPS) is 12.3. The molecule has 0 atom stereocenters. The van der Waals surface area contributed by atoms with Crippen molar-refractivity contribution in [2.45, 2.75) is 43.3 Å². The average molecular weight is 446 g/mol. The van der Waals surface area contributed by atoms with Gasteiger partial charge in [0.2, 0.25) is 10.0 Å². The SMILES string of the molecule is CCC(C)(C)c1ccc(S(=O)(=O)NCCSCc2c(Cl)cccc2Cl)cc1. The molecule has 148 valence electrons. The number of halogens is 2. The highest BCUT2D eigenvalue weighted by Crippen LogP contribution is 2.29. The largest absolute Gasteiger partial charge is 0.240 e. The molecule has 0 heterocycles. The Hall–Kier alpha value is -0.720. The first-order valence-corrected chi connectivity index (χ1v) is 12.2. The first-order chi connectivity index (χ1) is 12.7. The molecule has 0 aliphatic rings. The molecule has 2 rings (SSSR count). The molecule has 3 nitrogen and oxygen atoms in total. The van der Waals surface area contributed by atoms with E-state index in [2.05, 4.69) is 25.5 Å². The van der Waals surface area contributed by atoms with Crippen LogP contribution in [0.1, 0.15) is 38.3 Å². The highest BCUT2D eigenvalue weighted by atomic mass is 35.5. The number of hydrogen-bond donors (Lipinski definition) is 1. The van der Waals surface area contributed by atoms with Gasteiger partial charge in [0.05, 0.1) is 4.90 Å². The van der Waals surface area contributed by atoms with Gasteiger partial charge in [-0.1, -0.05) is 62.2 Å². The molecule has 0 aromatic heterocycles. The minimum Gasteiger partial charge on any atom is -0.210 e. The third-order valence-electron chi connectivity index (χ3n) is 4.68. The molecule has 0 radical (unpaired) electrons. The Morgan fingerprint density at radius 1 is 1.04 bits per heavy atom. The molecular weight excluding hydrogens is 421 g/mol. The number of rotatable bonds is 9. The molecule has 0 aliphatic heterocycles. The predicted molar refractivity (Wildman–Crippen MR) is 118 cm³/mol. The summed E-state index contributed by atoms with van der Waals surface area (Å²) in [4.78, 5) is 0.289. The molecule has 0 spiro atoms. The fourth-order valence-corrected chi connectivity index (χ4v) is 5.22. The molecule has 7 heteroatoms. The number of benzene rings is 2. The van der Waals surface area contributed by atoms with Crippen LogP contribution in [0.25, 0.3) is 0 Å². The summed E-state index contributed by atoms with van der Waals surface area (Å²) in [7, 11) is -3.51. The maximum atomic E-state index is 12.4. The van der Waals surface area contributed by atoms with Gasteiger partial charge < -0.3 is 0 Å². The molecule has 1 N–H and O–H groups in total. The van der Waals surface area contributed by atoms with Crippen LogP contribution in [0, 0.1) is 0 Å². The van der Waals surface area contributed by atoms with Gasteiger partial charge in [-0.15, -0.1) is 0 Å². The molecule has 0 saturated carbocycles. The molecule has 2 aromatic rings. The molecule has 0 unspecified atom stereocenters. The van der Waals surface area contributed by atoms with Gasteiger partial charge in [0.25, 0.3) is 0 Å². The van der Waals surface area contributed by atoms with Crippen molar-refractivity contribution in [3.63, 3.8) is 0 Å². The van der Waals surface area contributed by atoms with E-state index in [1.165, 1.54) is 0 Å². The Kier molecular flexibility index (Phi) is 8.07. The zero-order valence-corrected chi connectivity index (χ0v) is 18.9. The molecule has 0 fully saturated rings. The van der Waals surface area contributed by atoms with Crippen LogP contribution in [0.4, 0.5) is 0 Å². The van der Waals surface area contributed by atoms with E-state index in [-0.39, 0.29) is 10.3 Å². The monoisotopic (exact) mass is 445 g/mol. The van der Waals surface area contributed by atoms with Crippen LogP contribution in [-0.2, 0) is 21.2 Å². The summed E-state index contributed by atoms with van der Waals surface area (Å²) in [6.45, 7) is 6.77. The number of thioether (sulfide) groups is 1. The van der Waals surface area contributed by atoms with Gasteiger partial charge >= 0.3 is 0 Å². The predicted octanol–water partition coefficient (Wildman–Crippen LogP) is 5.89. The van der Waals surface area contributed by atoms with Gasteiger partial charge in [-0.25, -0.2) is 13.1 Å². The summed E-state index contributed by atoms with van der Waals surface area (Å²) in [6, 6.07) is 12.5. The van der Waals surface area contributed by atoms with Crippen molar-refractivity contribution >= 4 is 45.0 Å². The fourth-order valence-electron chi connectivity index (χ4n) is 2.47. The van der Waals surface area contributed by atoms with Crippen LogP contribution in [-0.4, -0.2) is 20.7 Å². The van der Waals surface area contributed by atoms with Gasteiger partial charge in [0.15, 0.2) is 0 Å². The van der Waals surface area contributed by atoms with Crippen LogP contribution in [0.5, 0.6) is 0 Å². The van der Waals surface area contributed by atoms with Crippen molar-refractivity contribution in [1.29, 1.82) is 0 Å². The van der Waals surface area contributed by atoms with E-state index < -0.39 is 10.0 Å². The van der Waals surface area contributed by atoms with Gasteiger partial charge in [-0.05, 0) is 47.2 Å². The smallest absolute Gasteiger partial charge is 0.210 e. The van der Waals surface area contributed by atoms with E-state index in [0.29, 0.717) is 28.1 Å². The Balaban J connectivity index is 1.88. The maximum absolute atomic E-state index is 12.4. The van der Waals surface area contributed by atoms with Gasteiger partial charge in [-0.2, -0.15) is 11.8 Å². The van der Waals surface area contributed by atoms with E-state index in [4.69, 9.17) is 23.2 Å². The lowest BCUT2D eigenvalue weighted by atomic mass is 9.82. The second-order valence-corrected chi connectivity index (χ2v) is 10.6. The second kappa shape index (κ2) is 9.66. The fraction of sp³-hybridized carbons (Fsp3) is 0.400. The van der Waals surface area contributed by atoms with E-state index >= 15 is 0 Å². The highest BCUT2D eigenvalue weighted by molar-refractivity contribution is 7.98. The topological polar surface area (TPSA) is 46.2 Å². The zero-order chi connectivity index (χ0) is 20.1. The van der Waals surface area contributed by atoms with Gasteiger partial charge in [0.1, 0.15) is 0 Å². The first kappa shape index (κ1) is 22.6. The summed E-state index contributed by atoms with van der Waals surface area (Å²) in [6.07, 6.45) is 0.990. The molecule has 2 aromatic carbocycles. The van der Waals surface area contributed by atoms with Crippen LogP contribution in [0.15, 0.2) is 47.4 Å². The zero-order valence-electron chi connectivity index (χ0n) is 15.8. The minimum absolute atomic E-state index is 0.0341. The molecule has 0 bridgehead atoms.